The standard InChI is InChI=1S/C12H14ClNO2/c1-3-4-8(2)14-12(16)9-5-6-11(15)10(13)7-9/h3,5-8,15H,1,4H2,2H3,(H,14,16). The number of amides is 1. The van der Waals surface area contributed by atoms with Gasteiger partial charge in [-0.25, -0.2) is 0 Å². The van der Waals surface area contributed by atoms with Gasteiger partial charge in [0.1, 0.15) is 5.75 Å². The van der Waals surface area contributed by atoms with Crippen molar-refractivity contribution in [3.05, 3.63) is 41.4 Å². The number of hydrogen-bond donors (Lipinski definition) is 2. The Kier molecular flexibility index (Phi) is 4.38. The zero-order valence-electron chi connectivity index (χ0n) is 9.03. The van der Waals surface area contributed by atoms with E-state index in [9.17, 15) is 9.90 Å². The molecule has 1 aromatic carbocycles. The first-order valence-electron chi connectivity index (χ1n) is 4.95. The van der Waals surface area contributed by atoms with Crippen molar-refractivity contribution in [2.24, 2.45) is 0 Å². The lowest BCUT2D eigenvalue weighted by molar-refractivity contribution is 0.0940. The first kappa shape index (κ1) is 12.6. The second kappa shape index (κ2) is 5.56. The lowest BCUT2D eigenvalue weighted by Crippen LogP contribution is -2.32. The Labute approximate surface area is 99.7 Å². The number of carbonyl (C=O) groups excluding carboxylic acids is 1. The van der Waals surface area contributed by atoms with E-state index in [2.05, 4.69) is 11.9 Å². The highest BCUT2D eigenvalue weighted by atomic mass is 35.5. The topological polar surface area (TPSA) is 49.3 Å². The molecule has 0 heterocycles. The summed E-state index contributed by atoms with van der Waals surface area (Å²) < 4.78 is 0. The van der Waals surface area contributed by atoms with Crippen LogP contribution in [0.3, 0.4) is 0 Å². The van der Waals surface area contributed by atoms with Gasteiger partial charge in [0.2, 0.25) is 0 Å². The van der Waals surface area contributed by atoms with Crippen LogP contribution < -0.4 is 5.32 Å². The molecule has 0 bridgehead atoms. The first-order chi connectivity index (χ1) is 7.54. The summed E-state index contributed by atoms with van der Waals surface area (Å²) >= 11 is 5.71. The van der Waals surface area contributed by atoms with Gasteiger partial charge in [0.05, 0.1) is 5.02 Å². The highest BCUT2D eigenvalue weighted by Crippen LogP contribution is 2.23. The summed E-state index contributed by atoms with van der Waals surface area (Å²) in [6.07, 6.45) is 2.45. The zero-order chi connectivity index (χ0) is 12.1. The Bertz CT molecular complexity index is 404. The lowest BCUT2D eigenvalue weighted by atomic mass is 10.1. The number of halogens is 1. The number of benzene rings is 1. The third-order valence-electron chi connectivity index (χ3n) is 2.11. The molecule has 0 aliphatic rings. The van der Waals surface area contributed by atoms with Crippen molar-refractivity contribution < 1.29 is 9.90 Å². The fourth-order valence-corrected chi connectivity index (χ4v) is 1.44. The first-order valence-corrected chi connectivity index (χ1v) is 5.32. The van der Waals surface area contributed by atoms with Crippen molar-refractivity contribution in [3.8, 4) is 5.75 Å². The average molecular weight is 240 g/mol. The molecule has 0 aromatic heterocycles. The number of carbonyl (C=O) groups is 1. The predicted molar refractivity (Wildman–Crippen MR) is 64.9 cm³/mol. The van der Waals surface area contributed by atoms with Gasteiger partial charge in [-0.1, -0.05) is 17.7 Å². The molecule has 0 radical (unpaired) electrons. The van der Waals surface area contributed by atoms with Gasteiger partial charge in [0, 0.05) is 11.6 Å². The number of phenolic OH excluding ortho intramolecular Hbond substituents is 1. The lowest BCUT2D eigenvalue weighted by Gasteiger charge is -2.11. The van der Waals surface area contributed by atoms with Crippen LogP contribution in [0.2, 0.25) is 5.02 Å². The molecule has 0 aliphatic carbocycles. The van der Waals surface area contributed by atoms with Gasteiger partial charge in [0.15, 0.2) is 0 Å². The van der Waals surface area contributed by atoms with E-state index in [0.717, 1.165) is 0 Å². The van der Waals surface area contributed by atoms with E-state index in [0.29, 0.717) is 12.0 Å². The number of rotatable bonds is 4. The van der Waals surface area contributed by atoms with E-state index in [1.807, 2.05) is 6.92 Å². The Balaban J connectivity index is 2.73. The van der Waals surface area contributed by atoms with Crippen molar-refractivity contribution in [1.29, 1.82) is 0 Å². The molecule has 3 nitrogen and oxygen atoms in total. The average Bonchev–Trinajstić information content (AvgIpc) is 2.22. The summed E-state index contributed by atoms with van der Waals surface area (Å²) in [6.45, 7) is 5.49. The third-order valence-corrected chi connectivity index (χ3v) is 2.41. The summed E-state index contributed by atoms with van der Waals surface area (Å²) in [7, 11) is 0. The fraction of sp³-hybridized carbons (Fsp3) is 0.250. The van der Waals surface area contributed by atoms with E-state index in [1.165, 1.54) is 18.2 Å². The maximum absolute atomic E-state index is 11.7. The molecular weight excluding hydrogens is 226 g/mol. The second-order valence-corrected chi connectivity index (χ2v) is 3.97. The maximum atomic E-state index is 11.7. The summed E-state index contributed by atoms with van der Waals surface area (Å²) in [4.78, 5) is 11.7. The molecule has 1 unspecified atom stereocenters. The van der Waals surface area contributed by atoms with Gasteiger partial charge in [-0.05, 0) is 31.5 Å². The summed E-state index contributed by atoms with van der Waals surface area (Å²) in [5, 5.41) is 12.2. The summed E-state index contributed by atoms with van der Waals surface area (Å²) in [6, 6.07) is 4.39. The number of phenols is 1. The number of aromatic hydroxyl groups is 1. The second-order valence-electron chi connectivity index (χ2n) is 3.57. The highest BCUT2D eigenvalue weighted by Gasteiger charge is 2.10. The van der Waals surface area contributed by atoms with E-state index >= 15 is 0 Å². The molecule has 0 spiro atoms. The molecule has 1 rings (SSSR count). The van der Waals surface area contributed by atoms with Gasteiger partial charge < -0.3 is 10.4 Å². The Hall–Kier alpha value is -1.48. The molecule has 1 amide bonds. The van der Waals surface area contributed by atoms with E-state index in [1.54, 1.807) is 6.08 Å². The molecule has 1 atom stereocenters. The van der Waals surface area contributed by atoms with E-state index in [-0.39, 0.29) is 22.7 Å². The monoisotopic (exact) mass is 239 g/mol. The van der Waals surface area contributed by atoms with Crippen LogP contribution in [-0.4, -0.2) is 17.1 Å². The largest absolute Gasteiger partial charge is 0.506 e. The molecule has 4 heteroatoms. The third kappa shape index (κ3) is 3.28. The van der Waals surface area contributed by atoms with Crippen LogP contribution in [0.25, 0.3) is 0 Å². The fourth-order valence-electron chi connectivity index (χ4n) is 1.26. The molecule has 0 saturated heterocycles. The van der Waals surface area contributed by atoms with Crippen molar-refractivity contribution in [3.63, 3.8) is 0 Å². The van der Waals surface area contributed by atoms with Gasteiger partial charge >= 0.3 is 0 Å². The Morgan fingerprint density at radius 1 is 1.69 bits per heavy atom. The quantitative estimate of drug-likeness (QED) is 0.794. The Morgan fingerprint density at radius 2 is 2.38 bits per heavy atom. The van der Waals surface area contributed by atoms with Crippen LogP contribution in [0, 0.1) is 0 Å². The maximum Gasteiger partial charge on any atom is 0.251 e. The summed E-state index contributed by atoms with van der Waals surface area (Å²) in [5.41, 5.74) is 0.429. The van der Waals surface area contributed by atoms with Crippen molar-refractivity contribution >= 4 is 17.5 Å². The van der Waals surface area contributed by atoms with Crippen LogP contribution in [-0.2, 0) is 0 Å². The summed E-state index contributed by atoms with van der Waals surface area (Å²) in [5.74, 6) is -0.242. The minimum atomic E-state index is -0.212. The van der Waals surface area contributed by atoms with E-state index in [4.69, 9.17) is 11.6 Å². The van der Waals surface area contributed by atoms with Crippen molar-refractivity contribution in [2.75, 3.05) is 0 Å². The normalized spacial score (nSPS) is 11.9. The minimum absolute atomic E-state index is 0.0255. The smallest absolute Gasteiger partial charge is 0.251 e. The predicted octanol–water partition coefficient (Wildman–Crippen LogP) is 2.74. The van der Waals surface area contributed by atoms with Gasteiger partial charge in [-0.2, -0.15) is 0 Å². The molecule has 2 N–H and O–H groups in total. The van der Waals surface area contributed by atoms with E-state index < -0.39 is 0 Å². The van der Waals surface area contributed by atoms with Crippen LogP contribution in [0.1, 0.15) is 23.7 Å². The SMILES string of the molecule is C=CCC(C)NC(=O)c1ccc(O)c(Cl)c1. The zero-order valence-corrected chi connectivity index (χ0v) is 9.79. The molecule has 16 heavy (non-hydrogen) atoms. The van der Waals surface area contributed by atoms with Gasteiger partial charge in [0.25, 0.3) is 5.91 Å². The molecule has 0 aliphatic heterocycles. The van der Waals surface area contributed by atoms with Crippen molar-refractivity contribution in [2.45, 2.75) is 19.4 Å². The van der Waals surface area contributed by atoms with Crippen LogP contribution in [0.5, 0.6) is 5.75 Å². The minimum Gasteiger partial charge on any atom is -0.506 e. The van der Waals surface area contributed by atoms with Gasteiger partial charge in [-0.3, -0.25) is 4.79 Å². The molecular formula is C12H14ClNO2. The molecule has 0 saturated carbocycles. The van der Waals surface area contributed by atoms with Crippen LogP contribution in [0.4, 0.5) is 0 Å². The van der Waals surface area contributed by atoms with Gasteiger partial charge in [-0.15, -0.1) is 6.58 Å². The number of hydrogen-bond acceptors (Lipinski definition) is 2. The Morgan fingerprint density at radius 3 is 2.94 bits per heavy atom. The van der Waals surface area contributed by atoms with Crippen LogP contribution >= 0.6 is 11.6 Å². The van der Waals surface area contributed by atoms with Crippen molar-refractivity contribution in [1.82, 2.24) is 5.32 Å². The molecule has 1 aromatic rings. The highest BCUT2D eigenvalue weighted by molar-refractivity contribution is 6.32. The van der Waals surface area contributed by atoms with Crippen LogP contribution in [0.15, 0.2) is 30.9 Å². The molecule has 86 valence electrons. The number of nitrogens with one attached hydrogen (secondary N) is 1. The molecule has 0 fully saturated rings.